The average molecular weight is 385 g/mol. The summed E-state index contributed by atoms with van der Waals surface area (Å²) in [5, 5.41) is 12.0. The predicted octanol–water partition coefficient (Wildman–Crippen LogP) is 4.57. The Bertz CT molecular complexity index is 681. The first-order chi connectivity index (χ1) is 13.6. The van der Waals surface area contributed by atoms with E-state index < -0.39 is 0 Å². The predicted molar refractivity (Wildman–Crippen MR) is 117 cm³/mol. The molecule has 1 aromatic heterocycles. The second-order valence-corrected chi connectivity index (χ2v) is 7.70. The number of aryl methyl sites for hydroxylation is 1. The van der Waals surface area contributed by atoms with Crippen molar-refractivity contribution in [3.05, 3.63) is 47.8 Å². The summed E-state index contributed by atoms with van der Waals surface area (Å²) in [4.78, 5) is 7.11. The lowest BCUT2D eigenvalue weighted by molar-refractivity contribution is 0.423. The van der Waals surface area contributed by atoms with E-state index in [1.54, 1.807) is 7.05 Å². The Hall–Kier alpha value is -2.21. The maximum atomic E-state index is 5.60. The number of azo groups is 1. The van der Waals surface area contributed by atoms with Gasteiger partial charge in [-0.1, -0.05) is 57.0 Å². The van der Waals surface area contributed by atoms with Crippen molar-refractivity contribution < 1.29 is 0 Å². The van der Waals surface area contributed by atoms with Crippen molar-refractivity contribution in [3.8, 4) is 0 Å². The van der Waals surface area contributed by atoms with Gasteiger partial charge < -0.3 is 16.0 Å². The summed E-state index contributed by atoms with van der Waals surface area (Å²) >= 11 is 0. The number of benzene rings is 1. The number of rotatable bonds is 13. The van der Waals surface area contributed by atoms with Crippen LogP contribution in [0.4, 0.5) is 5.95 Å². The van der Waals surface area contributed by atoms with Gasteiger partial charge in [0.15, 0.2) is 5.95 Å². The normalized spacial score (nSPS) is 15.0. The smallest absolute Gasteiger partial charge is 0.197 e. The van der Waals surface area contributed by atoms with Crippen LogP contribution in [0.1, 0.15) is 56.7 Å². The maximum Gasteiger partial charge on any atom is 0.197 e. The summed E-state index contributed by atoms with van der Waals surface area (Å²) in [6.45, 7) is 6.49. The number of nitrogens with zero attached hydrogens (tertiary/aromatic N) is 3. The molecule has 0 aliphatic carbocycles. The van der Waals surface area contributed by atoms with Crippen LogP contribution in [0.3, 0.4) is 0 Å². The second-order valence-electron chi connectivity index (χ2n) is 7.70. The third kappa shape index (κ3) is 7.80. The van der Waals surface area contributed by atoms with Crippen LogP contribution >= 0.6 is 0 Å². The molecule has 0 aliphatic heterocycles. The molecular weight excluding hydrogens is 348 g/mol. The molecule has 3 atom stereocenters. The summed E-state index contributed by atoms with van der Waals surface area (Å²) in [6, 6.07) is 11.0. The number of nitrogens with one attached hydrogen (secondary N) is 2. The molecule has 2 aromatic rings. The molecule has 0 bridgehead atoms. The minimum Gasteiger partial charge on any atom is -0.369 e. The number of nitrogen functional groups attached to an aromatic ring is 1. The lowest BCUT2D eigenvalue weighted by Crippen LogP contribution is -2.31. The lowest BCUT2D eigenvalue weighted by atomic mass is 9.89. The van der Waals surface area contributed by atoms with Gasteiger partial charge in [-0.3, -0.25) is 0 Å². The first-order valence-electron chi connectivity index (χ1n) is 10.4. The number of aromatic nitrogens is 2. The van der Waals surface area contributed by atoms with Gasteiger partial charge in [-0.15, -0.1) is 0 Å². The van der Waals surface area contributed by atoms with Gasteiger partial charge in [0.25, 0.3) is 0 Å². The monoisotopic (exact) mass is 384 g/mol. The standard InChI is InChI=1S/C22H36N6/c1-17(18(2)19-10-6-4-7-11-19)14-25-15-21(28-24-3)13-9-5-8-12-20-16-26-22(23)27-20/h4,6-7,10-11,16-18,21,25H,5,8-9,12-15H2,1-3H3,(H3,23,26,27). The van der Waals surface area contributed by atoms with Gasteiger partial charge in [-0.05, 0) is 43.2 Å². The highest BCUT2D eigenvalue weighted by Crippen LogP contribution is 2.23. The fourth-order valence-corrected chi connectivity index (χ4v) is 3.48. The summed E-state index contributed by atoms with van der Waals surface area (Å²) in [7, 11) is 1.76. The van der Waals surface area contributed by atoms with Crippen LogP contribution in [-0.4, -0.2) is 36.1 Å². The Morgan fingerprint density at radius 3 is 2.57 bits per heavy atom. The largest absolute Gasteiger partial charge is 0.369 e. The van der Waals surface area contributed by atoms with E-state index in [-0.39, 0.29) is 6.04 Å². The number of aromatic amines is 1. The molecule has 0 radical (unpaired) electrons. The quantitative estimate of drug-likeness (QED) is 0.349. The van der Waals surface area contributed by atoms with Crippen molar-refractivity contribution in [1.82, 2.24) is 15.3 Å². The van der Waals surface area contributed by atoms with Gasteiger partial charge in [0.05, 0.1) is 12.2 Å². The summed E-state index contributed by atoms with van der Waals surface area (Å²) in [5.74, 6) is 1.61. The number of hydrogen-bond acceptors (Lipinski definition) is 5. The summed E-state index contributed by atoms with van der Waals surface area (Å²) in [5.41, 5.74) is 8.12. The van der Waals surface area contributed by atoms with E-state index in [1.165, 1.54) is 12.0 Å². The van der Waals surface area contributed by atoms with Crippen molar-refractivity contribution in [3.63, 3.8) is 0 Å². The molecule has 0 spiro atoms. The molecule has 2 rings (SSSR count). The Kier molecular flexibility index (Phi) is 9.69. The fourth-order valence-electron chi connectivity index (χ4n) is 3.48. The Morgan fingerprint density at radius 1 is 1.11 bits per heavy atom. The molecule has 1 heterocycles. The van der Waals surface area contributed by atoms with Crippen LogP contribution < -0.4 is 11.1 Å². The van der Waals surface area contributed by atoms with Gasteiger partial charge in [-0.2, -0.15) is 10.2 Å². The van der Waals surface area contributed by atoms with Crippen LogP contribution in [0.5, 0.6) is 0 Å². The van der Waals surface area contributed by atoms with Gasteiger partial charge >= 0.3 is 0 Å². The van der Waals surface area contributed by atoms with Crippen LogP contribution in [0.25, 0.3) is 0 Å². The zero-order valence-corrected chi connectivity index (χ0v) is 17.6. The van der Waals surface area contributed by atoms with Crippen molar-refractivity contribution in [1.29, 1.82) is 0 Å². The lowest BCUT2D eigenvalue weighted by Gasteiger charge is -2.22. The Labute approximate surface area is 169 Å². The van der Waals surface area contributed by atoms with Gasteiger partial charge in [0, 0.05) is 19.3 Å². The van der Waals surface area contributed by atoms with E-state index in [1.807, 2.05) is 6.20 Å². The highest BCUT2D eigenvalue weighted by molar-refractivity contribution is 5.19. The molecule has 0 fully saturated rings. The minimum atomic E-state index is 0.257. The zero-order valence-electron chi connectivity index (χ0n) is 17.6. The molecular formula is C22H36N6. The molecule has 4 N–H and O–H groups in total. The van der Waals surface area contributed by atoms with Crippen LogP contribution in [0.2, 0.25) is 0 Å². The topological polar surface area (TPSA) is 91.4 Å². The molecule has 6 heteroatoms. The number of anilines is 1. The van der Waals surface area contributed by atoms with Crippen LogP contribution in [0, 0.1) is 5.92 Å². The maximum absolute atomic E-state index is 5.60. The van der Waals surface area contributed by atoms with Gasteiger partial charge in [0.2, 0.25) is 0 Å². The molecule has 3 unspecified atom stereocenters. The highest BCUT2D eigenvalue weighted by Gasteiger charge is 2.15. The molecule has 28 heavy (non-hydrogen) atoms. The summed E-state index contributed by atoms with van der Waals surface area (Å²) < 4.78 is 0. The van der Waals surface area contributed by atoms with E-state index in [0.717, 1.165) is 44.5 Å². The molecule has 6 nitrogen and oxygen atoms in total. The number of unbranched alkanes of at least 4 members (excludes halogenated alkanes) is 2. The van der Waals surface area contributed by atoms with Crippen molar-refractivity contribution >= 4 is 5.95 Å². The van der Waals surface area contributed by atoms with Crippen molar-refractivity contribution in [2.24, 2.45) is 16.1 Å². The van der Waals surface area contributed by atoms with E-state index in [0.29, 0.717) is 17.8 Å². The van der Waals surface area contributed by atoms with E-state index >= 15 is 0 Å². The fraction of sp³-hybridized carbons (Fsp3) is 0.591. The number of nitrogens with two attached hydrogens (primary N) is 1. The molecule has 0 saturated carbocycles. The van der Waals surface area contributed by atoms with Gasteiger partial charge in [-0.25, -0.2) is 4.98 Å². The summed E-state index contributed by atoms with van der Waals surface area (Å²) in [6.07, 6.45) is 7.36. The van der Waals surface area contributed by atoms with Crippen LogP contribution in [0.15, 0.2) is 46.8 Å². The Balaban J connectivity index is 1.63. The SMILES string of the molecule is CN=NC(CCCCCc1cnc(N)[nH]1)CNCC(C)C(C)c1ccccc1. The number of H-pyrrole nitrogens is 1. The molecule has 0 aliphatic rings. The molecule has 0 saturated heterocycles. The number of hydrogen-bond donors (Lipinski definition) is 3. The van der Waals surface area contributed by atoms with E-state index in [2.05, 4.69) is 69.7 Å². The van der Waals surface area contributed by atoms with Crippen LogP contribution in [-0.2, 0) is 6.42 Å². The van der Waals surface area contributed by atoms with E-state index in [4.69, 9.17) is 5.73 Å². The molecule has 154 valence electrons. The van der Waals surface area contributed by atoms with E-state index in [9.17, 15) is 0 Å². The average Bonchev–Trinajstić information content (AvgIpc) is 3.12. The molecule has 1 aromatic carbocycles. The van der Waals surface area contributed by atoms with Crippen molar-refractivity contribution in [2.75, 3.05) is 25.9 Å². The highest BCUT2D eigenvalue weighted by atomic mass is 15.1. The third-order valence-electron chi connectivity index (χ3n) is 5.44. The third-order valence-corrected chi connectivity index (χ3v) is 5.44. The number of imidazole rings is 1. The van der Waals surface area contributed by atoms with Gasteiger partial charge in [0.1, 0.15) is 0 Å². The van der Waals surface area contributed by atoms with Crippen molar-refractivity contribution in [2.45, 2.75) is 57.9 Å². The zero-order chi connectivity index (χ0) is 20.2. The Morgan fingerprint density at radius 2 is 1.89 bits per heavy atom. The second kappa shape index (κ2) is 12.3. The molecule has 0 amide bonds. The minimum absolute atomic E-state index is 0.257. The first kappa shape index (κ1) is 22.1. The first-order valence-corrected chi connectivity index (χ1v) is 10.4.